The summed E-state index contributed by atoms with van der Waals surface area (Å²) in [4.78, 5) is 26.9. The van der Waals surface area contributed by atoms with Gasteiger partial charge in [-0.25, -0.2) is 4.79 Å². The number of rotatable bonds is 5. The van der Waals surface area contributed by atoms with Crippen LogP contribution in [-0.4, -0.2) is 29.1 Å². The van der Waals surface area contributed by atoms with E-state index in [9.17, 15) is 22.8 Å². The van der Waals surface area contributed by atoms with Gasteiger partial charge in [0.05, 0.1) is 23.3 Å². The maximum absolute atomic E-state index is 13.5. The Morgan fingerprint density at radius 2 is 1.76 bits per heavy atom. The average molecular weight is 473 g/mol. The van der Waals surface area contributed by atoms with Crippen LogP contribution in [0.3, 0.4) is 0 Å². The van der Waals surface area contributed by atoms with Gasteiger partial charge in [-0.15, -0.1) is 0 Å². The van der Waals surface area contributed by atoms with Crippen LogP contribution in [0.4, 0.5) is 18.9 Å². The van der Waals surface area contributed by atoms with Crippen LogP contribution in [0.2, 0.25) is 0 Å². The molecular weight excluding hydrogens is 445 g/mol. The number of carbonyl (C=O) groups excluding carboxylic acids is 2. The van der Waals surface area contributed by atoms with E-state index in [1.54, 1.807) is 17.9 Å². The normalized spacial score (nSPS) is 18.7. The molecule has 1 aliphatic rings. The summed E-state index contributed by atoms with van der Waals surface area (Å²) in [5.74, 6) is -0.730. The van der Waals surface area contributed by atoms with Crippen LogP contribution >= 0.6 is 0 Å². The number of anilines is 1. The average Bonchev–Trinajstić information content (AvgIpc) is 3.28. The molecule has 0 saturated carbocycles. The Bertz CT molecular complexity index is 1240. The highest BCUT2D eigenvalue weighted by Gasteiger charge is 2.35. The highest BCUT2D eigenvalue weighted by atomic mass is 19.4. The predicted molar refractivity (Wildman–Crippen MR) is 125 cm³/mol. The number of nitrogens with zero attached hydrogens (tertiary/aromatic N) is 2. The Labute approximate surface area is 196 Å². The third kappa shape index (κ3) is 4.06. The first kappa shape index (κ1) is 23.9. The Morgan fingerprint density at radius 1 is 1.09 bits per heavy atom. The number of halogens is 3. The molecule has 0 spiro atoms. The number of alkyl halides is 3. The molecule has 1 fully saturated rings. The van der Waals surface area contributed by atoms with Crippen molar-refractivity contribution >= 4 is 28.5 Å². The fourth-order valence-electron chi connectivity index (χ4n) is 4.86. The minimum atomic E-state index is -4.60. The number of hydrogen-bond donors (Lipinski definition) is 0. The molecule has 2 heterocycles. The molecule has 0 N–H and O–H groups in total. The van der Waals surface area contributed by atoms with E-state index >= 15 is 0 Å². The van der Waals surface area contributed by atoms with Gasteiger partial charge in [0, 0.05) is 35.3 Å². The first-order chi connectivity index (χ1) is 16.1. The van der Waals surface area contributed by atoms with Gasteiger partial charge in [-0.3, -0.25) is 4.79 Å². The molecule has 8 heteroatoms. The highest BCUT2D eigenvalue weighted by molar-refractivity contribution is 6.05. The molecule has 2 atom stereocenters. The number of carbonyl (C=O) groups is 2. The van der Waals surface area contributed by atoms with E-state index in [0.29, 0.717) is 23.1 Å². The van der Waals surface area contributed by atoms with Crippen LogP contribution in [0.25, 0.3) is 22.2 Å². The summed E-state index contributed by atoms with van der Waals surface area (Å²) in [6, 6.07) is 11.1. The van der Waals surface area contributed by atoms with E-state index in [4.69, 9.17) is 4.74 Å². The fraction of sp³-hybridized carbons (Fsp3) is 0.385. The van der Waals surface area contributed by atoms with Crippen molar-refractivity contribution in [2.45, 2.75) is 52.9 Å². The second-order valence-electron chi connectivity index (χ2n) is 8.69. The minimum absolute atomic E-state index is 0.0265. The maximum Gasteiger partial charge on any atom is 0.416 e. The first-order valence-electron chi connectivity index (χ1n) is 11.4. The molecule has 0 aliphatic carbocycles. The summed E-state index contributed by atoms with van der Waals surface area (Å²) < 4.78 is 47.5. The summed E-state index contributed by atoms with van der Waals surface area (Å²) in [5, 5.41) is 0.316. The molecule has 1 saturated heterocycles. The first-order valence-corrected chi connectivity index (χ1v) is 11.4. The molecule has 2 aromatic carbocycles. The monoisotopic (exact) mass is 472 g/mol. The Kier molecular flexibility index (Phi) is 6.18. The van der Waals surface area contributed by atoms with Crippen LogP contribution < -0.4 is 4.90 Å². The number of amides is 1. The Morgan fingerprint density at radius 3 is 2.29 bits per heavy atom. The topological polar surface area (TPSA) is 51.5 Å². The molecule has 5 nitrogen and oxygen atoms in total. The summed E-state index contributed by atoms with van der Waals surface area (Å²) in [6.07, 6.45) is -3.80. The van der Waals surface area contributed by atoms with E-state index in [0.717, 1.165) is 29.8 Å². The third-order valence-electron chi connectivity index (χ3n) is 6.37. The SMILES string of the molecule is CCOC(=O)c1cc(C(F)(F)F)cc2cc(-c3ccc(N4C(=O)C(C)CC4C)cc3)n(CC)c12. The lowest BCUT2D eigenvalue weighted by Gasteiger charge is -2.22. The van der Waals surface area contributed by atoms with E-state index in [2.05, 4.69) is 0 Å². The number of esters is 1. The molecule has 0 bridgehead atoms. The van der Waals surface area contributed by atoms with Crippen molar-refractivity contribution in [2.24, 2.45) is 5.92 Å². The van der Waals surface area contributed by atoms with Gasteiger partial charge in [-0.1, -0.05) is 19.1 Å². The number of aromatic nitrogens is 1. The molecule has 1 aromatic heterocycles. The molecule has 34 heavy (non-hydrogen) atoms. The lowest BCUT2D eigenvalue weighted by atomic mass is 10.1. The van der Waals surface area contributed by atoms with Crippen LogP contribution in [0.5, 0.6) is 0 Å². The molecule has 4 rings (SSSR count). The largest absolute Gasteiger partial charge is 0.462 e. The smallest absolute Gasteiger partial charge is 0.416 e. The summed E-state index contributed by atoms with van der Waals surface area (Å²) in [7, 11) is 0. The number of ether oxygens (including phenoxy) is 1. The van der Waals surface area contributed by atoms with Gasteiger partial charge in [-0.2, -0.15) is 13.2 Å². The van der Waals surface area contributed by atoms with Gasteiger partial charge >= 0.3 is 12.1 Å². The van der Waals surface area contributed by atoms with Crippen LogP contribution in [0, 0.1) is 5.92 Å². The van der Waals surface area contributed by atoms with Crippen LogP contribution in [0.1, 0.15) is 50.0 Å². The molecule has 1 amide bonds. The van der Waals surface area contributed by atoms with Crippen molar-refractivity contribution in [3.05, 3.63) is 53.6 Å². The number of hydrogen-bond acceptors (Lipinski definition) is 3. The zero-order valence-electron chi connectivity index (χ0n) is 19.6. The number of aryl methyl sites for hydroxylation is 1. The third-order valence-corrected chi connectivity index (χ3v) is 6.37. The van der Waals surface area contributed by atoms with Gasteiger partial charge in [0.25, 0.3) is 0 Å². The zero-order valence-corrected chi connectivity index (χ0v) is 19.6. The predicted octanol–water partition coefficient (Wildman–Crippen LogP) is 6.29. The molecule has 1 aliphatic heterocycles. The Balaban J connectivity index is 1.84. The molecular formula is C26H27F3N2O3. The lowest BCUT2D eigenvalue weighted by molar-refractivity contribution is -0.137. The van der Waals surface area contributed by atoms with Crippen LogP contribution in [-0.2, 0) is 22.3 Å². The van der Waals surface area contributed by atoms with Gasteiger partial charge in [0.1, 0.15) is 0 Å². The summed E-state index contributed by atoms with van der Waals surface area (Å²) >= 11 is 0. The zero-order chi connectivity index (χ0) is 24.8. The van der Waals surface area contributed by atoms with Crippen molar-refractivity contribution in [3.8, 4) is 11.3 Å². The highest BCUT2D eigenvalue weighted by Crippen LogP contribution is 2.38. The molecule has 2 unspecified atom stereocenters. The van der Waals surface area contributed by atoms with Gasteiger partial charge < -0.3 is 14.2 Å². The fourth-order valence-corrected chi connectivity index (χ4v) is 4.86. The van der Waals surface area contributed by atoms with Crippen molar-refractivity contribution in [2.75, 3.05) is 11.5 Å². The van der Waals surface area contributed by atoms with Gasteiger partial charge in [0.2, 0.25) is 5.91 Å². The second kappa shape index (κ2) is 8.81. The number of benzene rings is 2. The standard InChI is InChI=1S/C26H27F3N2O3/c1-5-30-22(17-7-9-20(10-8-17)31-16(4)11-15(3)24(31)32)13-18-12-19(26(27,28)29)14-21(23(18)30)25(33)34-6-2/h7-10,12-16H,5-6,11H2,1-4H3. The minimum Gasteiger partial charge on any atom is -0.462 e. The van der Waals surface area contributed by atoms with Crippen molar-refractivity contribution in [3.63, 3.8) is 0 Å². The van der Waals surface area contributed by atoms with Crippen molar-refractivity contribution < 1.29 is 27.5 Å². The molecule has 3 aromatic rings. The van der Waals surface area contributed by atoms with Crippen molar-refractivity contribution in [1.82, 2.24) is 4.57 Å². The lowest BCUT2D eigenvalue weighted by Crippen LogP contribution is -2.31. The van der Waals surface area contributed by atoms with Gasteiger partial charge in [-0.05, 0) is 63.1 Å². The molecule has 0 radical (unpaired) electrons. The summed E-state index contributed by atoms with van der Waals surface area (Å²) in [5.41, 5.74) is 1.65. The van der Waals surface area contributed by atoms with E-state index in [-0.39, 0.29) is 30.0 Å². The van der Waals surface area contributed by atoms with E-state index in [1.165, 1.54) is 0 Å². The summed E-state index contributed by atoms with van der Waals surface area (Å²) in [6.45, 7) is 7.92. The van der Waals surface area contributed by atoms with E-state index < -0.39 is 17.7 Å². The quantitative estimate of drug-likeness (QED) is 0.411. The van der Waals surface area contributed by atoms with Gasteiger partial charge in [0.15, 0.2) is 0 Å². The van der Waals surface area contributed by atoms with Crippen molar-refractivity contribution in [1.29, 1.82) is 0 Å². The second-order valence-corrected chi connectivity index (χ2v) is 8.69. The maximum atomic E-state index is 13.5. The Hall–Kier alpha value is -3.29. The van der Waals surface area contributed by atoms with Crippen LogP contribution in [0.15, 0.2) is 42.5 Å². The number of fused-ring (bicyclic) bond motifs is 1. The van der Waals surface area contributed by atoms with E-state index in [1.807, 2.05) is 49.6 Å². The molecule has 180 valence electrons.